The lowest BCUT2D eigenvalue weighted by atomic mass is 9.96. The molecule has 2 saturated heterocycles. The number of fused-ring (bicyclic) bond motifs is 3. The van der Waals surface area contributed by atoms with Gasteiger partial charge in [-0.1, -0.05) is 37.8 Å². The molecular weight excluding hydrogens is 410 g/mol. The third-order valence-electron chi connectivity index (χ3n) is 6.34. The topological polar surface area (TPSA) is 90.0 Å². The van der Waals surface area contributed by atoms with E-state index in [9.17, 15) is 19.2 Å². The van der Waals surface area contributed by atoms with Crippen molar-refractivity contribution in [3.8, 4) is 0 Å². The Morgan fingerprint density at radius 1 is 0.812 bits per heavy atom. The van der Waals surface area contributed by atoms with Crippen LogP contribution in [0.1, 0.15) is 83.5 Å². The van der Waals surface area contributed by atoms with Gasteiger partial charge in [0.1, 0.15) is 17.6 Å². The fraction of sp³-hybridized carbons (Fsp3) is 0.680. The number of amides is 1. The van der Waals surface area contributed by atoms with Crippen molar-refractivity contribution in [2.24, 2.45) is 0 Å². The SMILES string of the molecule is O=C1CCCCCCC[C@H]2CCC[C@H](O2)C(=O)C(=O)N2CC=CC=C2C(=O)OCCCC1. The van der Waals surface area contributed by atoms with E-state index in [1.54, 1.807) is 12.2 Å². The highest BCUT2D eigenvalue weighted by Gasteiger charge is 2.36. The van der Waals surface area contributed by atoms with Gasteiger partial charge in [0, 0.05) is 19.4 Å². The molecule has 3 aliphatic heterocycles. The monoisotopic (exact) mass is 445 g/mol. The first-order valence-electron chi connectivity index (χ1n) is 12.1. The summed E-state index contributed by atoms with van der Waals surface area (Å²) in [4.78, 5) is 51.6. The zero-order valence-electron chi connectivity index (χ0n) is 18.9. The van der Waals surface area contributed by atoms with Gasteiger partial charge in [-0.2, -0.15) is 0 Å². The number of rotatable bonds is 0. The summed E-state index contributed by atoms with van der Waals surface area (Å²) in [5, 5.41) is 0. The Morgan fingerprint density at radius 3 is 2.38 bits per heavy atom. The van der Waals surface area contributed by atoms with Crippen LogP contribution in [0.3, 0.4) is 0 Å². The standard InChI is InChI=1S/C25H35NO6/c27-19-11-4-2-1-3-5-13-20-14-10-16-22(32-20)23(28)24(29)26-17-8-6-15-21(26)25(30)31-18-9-7-12-19/h6,8,15,20,22H,1-5,7,9-14,16-18H2/t20-,22-/m0/s1. The molecule has 0 saturated carbocycles. The normalized spacial score (nSPS) is 27.8. The first kappa shape index (κ1) is 24.4. The molecule has 2 fully saturated rings. The molecule has 1 amide bonds. The Morgan fingerprint density at radius 2 is 1.53 bits per heavy atom. The molecule has 0 unspecified atom stereocenters. The third-order valence-corrected chi connectivity index (χ3v) is 6.34. The summed E-state index contributed by atoms with van der Waals surface area (Å²) in [7, 11) is 0. The van der Waals surface area contributed by atoms with E-state index in [1.165, 1.54) is 11.0 Å². The Kier molecular flexibility index (Phi) is 9.65. The van der Waals surface area contributed by atoms with Crippen LogP contribution in [-0.4, -0.2) is 53.7 Å². The molecule has 0 aromatic rings. The number of allylic oxidation sites excluding steroid dienone is 2. The lowest BCUT2D eigenvalue weighted by molar-refractivity contribution is -0.156. The zero-order valence-corrected chi connectivity index (χ0v) is 18.9. The molecule has 176 valence electrons. The van der Waals surface area contributed by atoms with Gasteiger partial charge in [0.05, 0.1) is 12.7 Å². The van der Waals surface area contributed by atoms with Crippen molar-refractivity contribution >= 4 is 23.4 Å². The summed E-state index contributed by atoms with van der Waals surface area (Å²) in [5.74, 6) is -1.68. The van der Waals surface area contributed by atoms with Crippen LogP contribution in [-0.2, 0) is 28.7 Å². The summed E-state index contributed by atoms with van der Waals surface area (Å²) in [6.07, 6.45) is 14.8. The number of Topliss-reactive ketones (excluding diaryl/α,β-unsaturated/α-hetero) is 2. The zero-order chi connectivity index (χ0) is 22.8. The maximum absolute atomic E-state index is 13.0. The Labute approximate surface area is 190 Å². The molecule has 0 aromatic carbocycles. The van der Waals surface area contributed by atoms with Crippen LogP contribution < -0.4 is 0 Å². The van der Waals surface area contributed by atoms with Crippen molar-refractivity contribution in [1.82, 2.24) is 4.90 Å². The number of hydrogen-bond donors (Lipinski definition) is 0. The molecule has 3 aliphatic rings. The van der Waals surface area contributed by atoms with E-state index in [0.717, 1.165) is 51.4 Å². The van der Waals surface area contributed by atoms with Crippen LogP contribution in [0.25, 0.3) is 0 Å². The number of ether oxygens (including phenoxy) is 2. The lowest BCUT2D eigenvalue weighted by Crippen LogP contribution is -2.46. The third kappa shape index (κ3) is 7.12. The van der Waals surface area contributed by atoms with Gasteiger partial charge in [-0.25, -0.2) is 4.79 Å². The van der Waals surface area contributed by atoms with Crippen molar-refractivity contribution in [3.63, 3.8) is 0 Å². The minimum atomic E-state index is -0.746. The smallest absolute Gasteiger partial charge is 0.355 e. The number of carbonyl (C=O) groups excluding carboxylic acids is 4. The molecule has 0 aliphatic carbocycles. The molecule has 0 spiro atoms. The molecule has 0 N–H and O–H groups in total. The summed E-state index contributed by atoms with van der Waals surface area (Å²) < 4.78 is 11.3. The van der Waals surface area contributed by atoms with E-state index in [0.29, 0.717) is 32.1 Å². The predicted molar refractivity (Wildman–Crippen MR) is 119 cm³/mol. The second kappa shape index (κ2) is 12.7. The molecule has 0 radical (unpaired) electrons. The number of hydrogen-bond acceptors (Lipinski definition) is 6. The van der Waals surface area contributed by atoms with Crippen molar-refractivity contribution in [1.29, 1.82) is 0 Å². The number of cyclic esters (lactones) is 1. The molecule has 2 atom stereocenters. The lowest BCUT2D eigenvalue weighted by Gasteiger charge is -2.31. The molecule has 3 heterocycles. The summed E-state index contributed by atoms with van der Waals surface area (Å²) in [5.41, 5.74) is 0.0696. The Hall–Kier alpha value is -2.28. The molecule has 7 nitrogen and oxygen atoms in total. The van der Waals surface area contributed by atoms with Gasteiger partial charge in [-0.15, -0.1) is 0 Å². The van der Waals surface area contributed by atoms with E-state index >= 15 is 0 Å². The largest absolute Gasteiger partial charge is 0.461 e. The number of ketones is 2. The van der Waals surface area contributed by atoms with Gasteiger partial charge in [-0.3, -0.25) is 19.3 Å². The Balaban J connectivity index is 1.66. The van der Waals surface area contributed by atoms with Crippen molar-refractivity contribution < 1.29 is 28.7 Å². The number of esters is 1. The Bertz CT molecular complexity index is 756. The fourth-order valence-corrected chi connectivity index (χ4v) is 4.47. The van der Waals surface area contributed by atoms with Crippen LogP contribution in [0.2, 0.25) is 0 Å². The van der Waals surface area contributed by atoms with Crippen molar-refractivity contribution in [2.45, 2.75) is 95.7 Å². The molecular formula is C25H35NO6. The second-order valence-electron chi connectivity index (χ2n) is 8.88. The molecule has 0 aromatic heterocycles. The number of nitrogens with zero attached hydrogens (tertiary/aromatic N) is 1. The van der Waals surface area contributed by atoms with Gasteiger partial charge in [0.25, 0.3) is 5.91 Å². The van der Waals surface area contributed by atoms with Crippen LogP contribution in [0.15, 0.2) is 23.9 Å². The minimum Gasteiger partial charge on any atom is -0.461 e. The average molecular weight is 446 g/mol. The maximum Gasteiger partial charge on any atom is 0.355 e. The van der Waals surface area contributed by atoms with Crippen LogP contribution >= 0.6 is 0 Å². The fourth-order valence-electron chi connectivity index (χ4n) is 4.47. The molecule has 2 bridgehead atoms. The van der Waals surface area contributed by atoms with Crippen LogP contribution in [0.4, 0.5) is 0 Å². The van der Waals surface area contributed by atoms with Crippen LogP contribution in [0.5, 0.6) is 0 Å². The quantitative estimate of drug-likeness (QED) is 0.416. The van der Waals surface area contributed by atoms with Gasteiger partial charge in [0.15, 0.2) is 0 Å². The molecule has 3 rings (SSSR count). The van der Waals surface area contributed by atoms with Crippen LogP contribution in [0, 0.1) is 0 Å². The molecule has 32 heavy (non-hydrogen) atoms. The van der Waals surface area contributed by atoms with E-state index in [1.807, 2.05) is 0 Å². The highest BCUT2D eigenvalue weighted by molar-refractivity contribution is 6.38. The molecule has 7 heteroatoms. The van der Waals surface area contributed by atoms with E-state index < -0.39 is 23.8 Å². The highest BCUT2D eigenvalue weighted by atomic mass is 16.5. The maximum atomic E-state index is 13.0. The summed E-state index contributed by atoms with van der Waals surface area (Å²) in [6.45, 7) is 0.326. The van der Waals surface area contributed by atoms with Gasteiger partial charge >= 0.3 is 5.97 Å². The summed E-state index contributed by atoms with van der Waals surface area (Å²) >= 11 is 0. The first-order chi connectivity index (χ1) is 15.6. The summed E-state index contributed by atoms with van der Waals surface area (Å²) in [6, 6.07) is 0. The van der Waals surface area contributed by atoms with Gasteiger partial charge in [0.2, 0.25) is 5.78 Å². The van der Waals surface area contributed by atoms with Gasteiger partial charge < -0.3 is 9.47 Å². The van der Waals surface area contributed by atoms with E-state index in [-0.39, 0.29) is 30.7 Å². The van der Waals surface area contributed by atoms with E-state index in [2.05, 4.69) is 0 Å². The van der Waals surface area contributed by atoms with Gasteiger partial charge in [-0.05, 0) is 51.0 Å². The van der Waals surface area contributed by atoms with E-state index in [4.69, 9.17) is 9.47 Å². The number of carbonyl (C=O) groups is 4. The van der Waals surface area contributed by atoms with Crippen molar-refractivity contribution in [3.05, 3.63) is 23.9 Å². The first-order valence-corrected chi connectivity index (χ1v) is 12.1. The highest BCUT2D eigenvalue weighted by Crippen LogP contribution is 2.25. The van der Waals surface area contributed by atoms with Crippen molar-refractivity contribution in [2.75, 3.05) is 13.2 Å². The second-order valence-corrected chi connectivity index (χ2v) is 8.88. The average Bonchev–Trinajstić information content (AvgIpc) is 2.81. The minimum absolute atomic E-state index is 0.0117. The predicted octanol–water partition coefficient (Wildman–Crippen LogP) is 3.80.